The van der Waals surface area contributed by atoms with Gasteiger partial charge in [-0.05, 0) is 31.5 Å². The van der Waals surface area contributed by atoms with E-state index in [-0.39, 0.29) is 28.2 Å². The van der Waals surface area contributed by atoms with Crippen molar-refractivity contribution in [1.82, 2.24) is 24.5 Å². The molecule has 0 aliphatic carbocycles. The Hall–Kier alpha value is -2.44. The second kappa shape index (κ2) is 8.51. The zero-order chi connectivity index (χ0) is 20.4. The van der Waals surface area contributed by atoms with E-state index in [9.17, 15) is 13.0 Å². The van der Waals surface area contributed by atoms with E-state index >= 15 is 0 Å². The molecule has 29 heavy (non-hydrogen) atoms. The Morgan fingerprint density at radius 3 is 2.93 bits per heavy atom. The van der Waals surface area contributed by atoms with Gasteiger partial charge in [0.1, 0.15) is 23.8 Å². The van der Waals surface area contributed by atoms with Crippen LogP contribution in [0.25, 0.3) is 0 Å². The van der Waals surface area contributed by atoms with Gasteiger partial charge in [-0.25, -0.2) is 18.0 Å². The van der Waals surface area contributed by atoms with Crippen LogP contribution in [0.15, 0.2) is 29.6 Å². The molecule has 4 rings (SSSR count). The van der Waals surface area contributed by atoms with Gasteiger partial charge in [0.15, 0.2) is 11.0 Å². The number of H-pyrrole nitrogens is 1. The molecule has 12 heteroatoms. The van der Waals surface area contributed by atoms with E-state index < -0.39 is 22.6 Å². The quantitative estimate of drug-likeness (QED) is 0.544. The summed E-state index contributed by atoms with van der Waals surface area (Å²) in [5.41, 5.74) is 7.03. The van der Waals surface area contributed by atoms with E-state index in [1.54, 1.807) is 6.20 Å². The molecule has 8 nitrogen and oxygen atoms in total. The normalized spacial score (nSPS) is 18.6. The van der Waals surface area contributed by atoms with Gasteiger partial charge in [-0.3, -0.25) is 14.7 Å². The molecule has 154 valence electrons. The van der Waals surface area contributed by atoms with E-state index in [0.717, 1.165) is 55.0 Å². The molecule has 2 aromatic heterocycles. The molecular weight excluding hydrogens is 420 g/mol. The fourth-order valence-corrected chi connectivity index (χ4v) is 4.94. The lowest BCUT2D eigenvalue weighted by molar-refractivity contribution is 0.139. The number of hydrogen-bond donors (Lipinski definition) is 3. The van der Waals surface area contributed by atoms with Crippen LogP contribution < -0.4 is 10.5 Å². The van der Waals surface area contributed by atoms with E-state index in [2.05, 4.69) is 29.2 Å². The van der Waals surface area contributed by atoms with Crippen LogP contribution in [0.1, 0.15) is 36.4 Å². The highest BCUT2D eigenvalue weighted by atomic mass is 32.2. The summed E-state index contributed by atoms with van der Waals surface area (Å²) in [6, 6.07) is 2.06. The summed E-state index contributed by atoms with van der Waals surface area (Å²) >= 11 is 0.976. The Morgan fingerprint density at radius 1 is 1.34 bits per heavy atom. The Labute approximate surface area is 172 Å². The number of aromatic nitrogens is 4. The number of aromatic amines is 1. The highest BCUT2D eigenvalue weighted by Crippen LogP contribution is 2.34. The van der Waals surface area contributed by atoms with E-state index in [1.807, 2.05) is 0 Å². The third-order valence-electron chi connectivity index (χ3n) is 4.89. The number of piperidine rings is 1. The fraction of sp³-hybridized carbons (Fsp3) is 0.353. The van der Waals surface area contributed by atoms with Gasteiger partial charge in [0, 0.05) is 35.2 Å². The summed E-state index contributed by atoms with van der Waals surface area (Å²) in [5.74, 6) is -0.867. The van der Waals surface area contributed by atoms with Crippen LogP contribution in [0.2, 0.25) is 0 Å². The maximum absolute atomic E-state index is 14.7. The Balaban J connectivity index is 1.54. The van der Waals surface area contributed by atoms with Gasteiger partial charge >= 0.3 is 0 Å². The van der Waals surface area contributed by atoms with Crippen LogP contribution in [-0.2, 0) is 17.5 Å². The summed E-state index contributed by atoms with van der Waals surface area (Å²) in [4.78, 5) is 5.63. The first-order valence-electron chi connectivity index (χ1n) is 8.98. The largest absolute Gasteiger partial charge is 0.384 e. The first-order chi connectivity index (χ1) is 14.0. The van der Waals surface area contributed by atoms with Gasteiger partial charge in [0.05, 0.1) is 11.1 Å². The van der Waals surface area contributed by atoms with Crippen LogP contribution in [0, 0.1) is 11.6 Å². The molecule has 1 saturated heterocycles. The standard InChI is InChI=1S/C17H19F2N7OS2/c18-12-6-15(29(27)25-17-21-9-23-28-17)13(19)5-10(12)8-26-4-2-1-3-14(26)11-7-22-24-16(11)20/h5-7,9,14H,1-4,8H2,(H3,20,22,24)(H,21,23,25). The summed E-state index contributed by atoms with van der Waals surface area (Å²) in [7, 11) is -1.98. The number of nitrogens with zero attached hydrogens (tertiary/aromatic N) is 4. The Kier molecular flexibility index (Phi) is 5.83. The molecule has 0 saturated carbocycles. The molecule has 4 N–H and O–H groups in total. The minimum atomic E-state index is -1.98. The molecule has 1 aromatic carbocycles. The first-order valence-corrected chi connectivity index (χ1v) is 10.9. The van der Waals surface area contributed by atoms with Gasteiger partial charge in [-0.15, -0.1) is 0 Å². The number of anilines is 2. The average Bonchev–Trinajstić information content (AvgIpc) is 3.36. The van der Waals surface area contributed by atoms with Crippen LogP contribution in [0.4, 0.5) is 19.7 Å². The van der Waals surface area contributed by atoms with Gasteiger partial charge in [0.2, 0.25) is 5.13 Å². The Bertz CT molecular complexity index is 1010. The number of rotatable bonds is 6. The molecule has 1 aliphatic heterocycles. The third-order valence-corrected chi connectivity index (χ3v) is 6.69. The molecule has 0 bridgehead atoms. The maximum atomic E-state index is 14.7. The van der Waals surface area contributed by atoms with Crippen molar-refractivity contribution in [3.63, 3.8) is 0 Å². The highest BCUT2D eigenvalue weighted by Gasteiger charge is 2.28. The van der Waals surface area contributed by atoms with E-state index in [4.69, 9.17) is 5.73 Å². The van der Waals surface area contributed by atoms with Gasteiger partial charge < -0.3 is 5.73 Å². The molecule has 1 aliphatic rings. The maximum Gasteiger partial charge on any atom is 0.214 e. The molecule has 0 radical (unpaired) electrons. The predicted molar refractivity (Wildman–Crippen MR) is 106 cm³/mol. The van der Waals surface area contributed by atoms with Crippen molar-refractivity contribution in [2.75, 3.05) is 17.0 Å². The molecular formula is C17H19F2N7OS2. The summed E-state index contributed by atoms with van der Waals surface area (Å²) in [6.07, 6.45) is 5.82. The van der Waals surface area contributed by atoms with Gasteiger partial charge in [-0.2, -0.15) is 9.47 Å². The minimum Gasteiger partial charge on any atom is -0.384 e. The highest BCUT2D eigenvalue weighted by molar-refractivity contribution is 7.86. The van der Waals surface area contributed by atoms with Crippen LogP contribution in [-0.4, -0.2) is 35.2 Å². The van der Waals surface area contributed by atoms with Crippen molar-refractivity contribution >= 4 is 33.5 Å². The lowest BCUT2D eigenvalue weighted by Gasteiger charge is -2.35. The molecule has 2 unspecified atom stereocenters. The van der Waals surface area contributed by atoms with Crippen molar-refractivity contribution < 1.29 is 13.0 Å². The average molecular weight is 440 g/mol. The number of hydrogen-bond acceptors (Lipinski definition) is 7. The van der Waals surface area contributed by atoms with E-state index in [1.165, 1.54) is 6.33 Å². The van der Waals surface area contributed by atoms with E-state index in [0.29, 0.717) is 5.82 Å². The second-order valence-corrected chi connectivity index (χ2v) is 8.67. The van der Waals surface area contributed by atoms with Crippen LogP contribution in [0.5, 0.6) is 0 Å². The van der Waals surface area contributed by atoms with Crippen LogP contribution in [0.3, 0.4) is 0 Å². The number of benzene rings is 1. The minimum absolute atomic E-state index is 0.0159. The summed E-state index contributed by atoms with van der Waals surface area (Å²) in [5, 5.41) is 6.96. The van der Waals surface area contributed by atoms with Crippen molar-refractivity contribution in [3.8, 4) is 0 Å². The second-order valence-electron chi connectivity index (χ2n) is 6.71. The number of nitrogen functional groups attached to an aromatic ring is 1. The van der Waals surface area contributed by atoms with Crippen molar-refractivity contribution in [3.05, 3.63) is 47.4 Å². The molecule has 3 heterocycles. The monoisotopic (exact) mass is 439 g/mol. The topological polar surface area (TPSA) is 113 Å². The zero-order valence-corrected chi connectivity index (χ0v) is 16.9. The Morgan fingerprint density at radius 2 is 2.21 bits per heavy atom. The molecule has 2 atom stereocenters. The summed E-state index contributed by atoms with van der Waals surface area (Å²) < 4.78 is 48.0. The number of nitrogens with two attached hydrogens (primary N) is 1. The molecule has 3 aromatic rings. The molecule has 1 fully saturated rings. The lowest BCUT2D eigenvalue weighted by Crippen LogP contribution is -2.33. The summed E-state index contributed by atoms with van der Waals surface area (Å²) in [6.45, 7) is 0.956. The first kappa shape index (κ1) is 19.9. The van der Waals surface area contributed by atoms with Crippen molar-refractivity contribution in [1.29, 1.82) is 0 Å². The molecule has 0 spiro atoms. The number of nitrogens with one attached hydrogen (secondary N) is 2. The predicted octanol–water partition coefficient (Wildman–Crippen LogP) is 2.98. The lowest BCUT2D eigenvalue weighted by atomic mass is 9.96. The van der Waals surface area contributed by atoms with Gasteiger partial charge in [-0.1, -0.05) is 6.42 Å². The third kappa shape index (κ3) is 4.28. The van der Waals surface area contributed by atoms with Crippen molar-refractivity contribution in [2.45, 2.75) is 36.7 Å². The SMILES string of the molecule is Nc1[nH]ncc1C1CCCCN1Cc1cc(F)c(S(=O)Nc2ncns2)cc1F. The zero-order valence-electron chi connectivity index (χ0n) is 15.3. The number of halogens is 2. The smallest absolute Gasteiger partial charge is 0.214 e. The van der Waals surface area contributed by atoms with Crippen LogP contribution >= 0.6 is 11.5 Å². The van der Waals surface area contributed by atoms with Crippen molar-refractivity contribution in [2.24, 2.45) is 0 Å². The van der Waals surface area contributed by atoms with Gasteiger partial charge in [0.25, 0.3) is 0 Å². The number of likely N-dealkylation sites (tertiary alicyclic amines) is 1. The molecule has 0 amide bonds. The fourth-order valence-electron chi connectivity index (χ4n) is 3.51.